The van der Waals surface area contributed by atoms with Crippen LogP contribution in [0.15, 0.2) is 48.5 Å². The van der Waals surface area contributed by atoms with Gasteiger partial charge in [-0.3, -0.25) is 0 Å². The van der Waals surface area contributed by atoms with E-state index in [-0.39, 0.29) is 22.6 Å². The molecule has 1 aliphatic carbocycles. The lowest BCUT2D eigenvalue weighted by Gasteiger charge is -2.41. The zero-order chi connectivity index (χ0) is 21.3. The monoisotopic (exact) mass is 433 g/mol. The first kappa shape index (κ1) is 22.0. The van der Waals surface area contributed by atoms with E-state index in [9.17, 15) is 26.3 Å². The topological polar surface area (TPSA) is 26.0 Å². The smallest absolute Gasteiger partial charge is 0.320 e. The van der Waals surface area contributed by atoms with Crippen LogP contribution in [0, 0.1) is 0 Å². The van der Waals surface area contributed by atoms with Crippen molar-refractivity contribution in [1.29, 1.82) is 0 Å². The van der Waals surface area contributed by atoms with Gasteiger partial charge in [-0.1, -0.05) is 43.2 Å². The fourth-order valence-corrected chi connectivity index (χ4v) is 5.22. The van der Waals surface area contributed by atoms with Crippen LogP contribution in [0.3, 0.4) is 0 Å². The Hall–Kier alpha value is -1.67. The van der Waals surface area contributed by atoms with Crippen LogP contribution in [-0.2, 0) is 23.6 Å². The standard InChI is InChI=1S/C21H21F6NS/c22-20(23,24)16-10-14(11-17(12-16)21(25,26)27)13-29-18-8-4-5-9-19(18,28)15-6-2-1-3-7-15/h1-3,6-7,10-12,18H,4-5,8-9,13,28H2. The van der Waals surface area contributed by atoms with Gasteiger partial charge in [0.2, 0.25) is 0 Å². The van der Waals surface area contributed by atoms with Crippen LogP contribution in [0.2, 0.25) is 0 Å². The average molecular weight is 433 g/mol. The molecule has 0 heterocycles. The maximum Gasteiger partial charge on any atom is 0.416 e. The van der Waals surface area contributed by atoms with Crippen LogP contribution in [0.25, 0.3) is 0 Å². The molecule has 0 saturated heterocycles. The van der Waals surface area contributed by atoms with Crippen LogP contribution < -0.4 is 5.73 Å². The number of benzene rings is 2. The second kappa shape index (κ2) is 8.22. The van der Waals surface area contributed by atoms with Gasteiger partial charge >= 0.3 is 12.4 Å². The van der Waals surface area contributed by atoms with E-state index in [2.05, 4.69) is 0 Å². The zero-order valence-corrected chi connectivity index (χ0v) is 16.3. The molecule has 2 aromatic rings. The highest BCUT2D eigenvalue weighted by Gasteiger charge is 2.40. The van der Waals surface area contributed by atoms with Crippen molar-refractivity contribution >= 4 is 11.8 Å². The number of hydrogen-bond donors (Lipinski definition) is 1. The van der Waals surface area contributed by atoms with Crippen molar-refractivity contribution < 1.29 is 26.3 Å². The summed E-state index contributed by atoms with van der Waals surface area (Å²) in [6.45, 7) is 0. The van der Waals surface area contributed by atoms with Crippen molar-refractivity contribution in [2.75, 3.05) is 0 Å². The summed E-state index contributed by atoms with van der Waals surface area (Å²) in [7, 11) is 0. The van der Waals surface area contributed by atoms with E-state index >= 15 is 0 Å². The molecule has 2 unspecified atom stereocenters. The molecule has 1 fully saturated rings. The van der Waals surface area contributed by atoms with Crippen LogP contribution in [-0.4, -0.2) is 5.25 Å². The Morgan fingerprint density at radius 3 is 2.03 bits per heavy atom. The van der Waals surface area contributed by atoms with E-state index in [4.69, 9.17) is 5.73 Å². The molecule has 0 spiro atoms. The van der Waals surface area contributed by atoms with Crippen molar-refractivity contribution in [1.82, 2.24) is 0 Å². The number of alkyl halides is 6. The lowest BCUT2D eigenvalue weighted by atomic mass is 9.77. The Balaban J connectivity index is 1.86. The van der Waals surface area contributed by atoms with Crippen LogP contribution in [0.5, 0.6) is 0 Å². The number of nitrogens with two attached hydrogens (primary N) is 1. The molecule has 1 saturated carbocycles. The molecule has 1 aliphatic rings. The molecule has 8 heteroatoms. The first-order valence-corrected chi connectivity index (χ1v) is 10.3. The van der Waals surface area contributed by atoms with Crippen LogP contribution >= 0.6 is 11.8 Å². The largest absolute Gasteiger partial charge is 0.416 e. The number of rotatable bonds is 4. The van der Waals surface area contributed by atoms with E-state index in [0.717, 1.165) is 43.4 Å². The molecule has 0 bridgehead atoms. The molecule has 2 aromatic carbocycles. The number of hydrogen-bond acceptors (Lipinski definition) is 2. The summed E-state index contributed by atoms with van der Waals surface area (Å²) < 4.78 is 78.5. The highest BCUT2D eigenvalue weighted by molar-refractivity contribution is 7.99. The summed E-state index contributed by atoms with van der Waals surface area (Å²) in [6.07, 6.45) is -6.32. The van der Waals surface area contributed by atoms with Gasteiger partial charge in [0.1, 0.15) is 0 Å². The van der Waals surface area contributed by atoms with Gasteiger partial charge in [0.15, 0.2) is 0 Å². The lowest BCUT2D eigenvalue weighted by Crippen LogP contribution is -2.48. The lowest BCUT2D eigenvalue weighted by molar-refractivity contribution is -0.143. The van der Waals surface area contributed by atoms with E-state index in [0.29, 0.717) is 0 Å². The molecular weight excluding hydrogens is 412 g/mol. The summed E-state index contributed by atoms with van der Waals surface area (Å²) in [5.41, 5.74) is 4.42. The predicted molar refractivity (Wildman–Crippen MR) is 102 cm³/mol. The normalized spacial score (nSPS) is 23.2. The Morgan fingerprint density at radius 1 is 0.897 bits per heavy atom. The minimum atomic E-state index is -4.84. The second-order valence-corrected chi connectivity index (χ2v) is 8.56. The van der Waals surface area contributed by atoms with Crippen molar-refractivity contribution in [2.45, 2.75) is 54.6 Å². The SMILES string of the molecule is NC1(c2ccccc2)CCCCC1SCc1cc(C(F)(F)F)cc(C(F)(F)F)c1. The summed E-state index contributed by atoms with van der Waals surface area (Å²) in [4.78, 5) is 0. The van der Waals surface area contributed by atoms with E-state index in [1.807, 2.05) is 30.3 Å². The van der Waals surface area contributed by atoms with Gasteiger partial charge in [0.25, 0.3) is 0 Å². The summed E-state index contributed by atoms with van der Waals surface area (Å²) in [6, 6.07) is 11.2. The molecule has 3 rings (SSSR count). The molecule has 0 radical (unpaired) electrons. The Kier molecular flexibility index (Phi) is 6.24. The molecule has 0 aromatic heterocycles. The Bertz CT molecular complexity index is 801. The second-order valence-electron chi connectivity index (χ2n) is 7.37. The Morgan fingerprint density at radius 2 is 1.48 bits per heavy atom. The van der Waals surface area contributed by atoms with Gasteiger partial charge in [-0.25, -0.2) is 0 Å². The van der Waals surface area contributed by atoms with Gasteiger partial charge in [-0.2, -0.15) is 38.1 Å². The average Bonchev–Trinajstić information content (AvgIpc) is 2.66. The molecule has 29 heavy (non-hydrogen) atoms. The van der Waals surface area contributed by atoms with Gasteiger partial charge in [-0.15, -0.1) is 0 Å². The minimum Gasteiger partial charge on any atom is -0.320 e. The maximum absolute atomic E-state index is 13.1. The Labute approximate surface area is 169 Å². The quantitative estimate of drug-likeness (QED) is 0.540. The molecule has 0 aliphatic heterocycles. The van der Waals surface area contributed by atoms with Crippen LogP contribution in [0.4, 0.5) is 26.3 Å². The fraction of sp³-hybridized carbons (Fsp3) is 0.429. The summed E-state index contributed by atoms with van der Waals surface area (Å²) >= 11 is 1.33. The van der Waals surface area contributed by atoms with E-state index < -0.39 is 29.0 Å². The third kappa shape index (κ3) is 5.09. The first-order chi connectivity index (χ1) is 13.5. The molecule has 1 nitrogen and oxygen atoms in total. The van der Waals surface area contributed by atoms with Gasteiger partial charge in [0, 0.05) is 11.0 Å². The van der Waals surface area contributed by atoms with Gasteiger partial charge in [0.05, 0.1) is 16.7 Å². The summed E-state index contributed by atoms with van der Waals surface area (Å²) in [5, 5.41) is -0.0949. The van der Waals surface area contributed by atoms with Crippen molar-refractivity contribution in [2.24, 2.45) is 5.73 Å². The number of halogens is 6. The molecule has 158 valence electrons. The molecular formula is C21H21F6NS. The minimum absolute atomic E-state index is 0.00173. The third-order valence-corrected chi connectivity index (χ3v) is 6.85. The first-order valence-electron chi connectivity index (χ1n) is 9.24. The highest BCUT2D eigenvalue weighted by Crippen LogP contribution is 2.43. The maximum atomic E-state index is 13.1. The fourth-order valence-electron chi connectivity index (χ4n) is 3.78. The van der Waals surface area contributed by atoms with Crippen molar-refractivity contribution in [3.8, 4) is 0 Å². The third-order valence-electron chi connectivity index (χ3n) is 5.29. The van der Waals surface area contributed by atoms with Crippen molar-refractivity contribution in [3.63, 3.8) is 0 Å². The van der Waals surface area contributed by atoms with Crippen LogP contribution in [0.1, 0.15) is 47.9 Å². The number of thioether (sulfide) groups is 1. The van der Waals surface area contributed by atoms with E-state index in [1.54, 1.807) is 0 Å². The van der Waals surface area contributed by atoms with E-state index in [1.165, 1.54) is 11.8 Å². The molecule has 2 N–H and O–H groups in total. The predicted octanol–water partition coefficient (Wildman–Crippen LogP) is 6.75. The highest BCUT2D eigenvalue weighted by atomic mass is 32.2. The molecule has 0 amide bonds. The van der Waals surface area contributed by atoms with Gasteiger partial charge < -0.3 is 5.73 Å². The van der Waals surface area contributed by atoms with Crippen molar-refractivity contribution in [3.05, 3.63) is 70.8 Å². The summed E-state index contributed by atoms with van der Waals surface area (Å²) in [5.74, 6) is 0.0312. The molecule has 2 atom stereocenters. The zero-order valence-electron chi connectivity index (χ0n) is 15.5. The van der Waals surface area contributed by atoms with Gasteiger partial charge in [-0.05, 0) is 42.2 Å².